The van der Waals surface area contributed by atoms with E-state index in [0.29, 0.717) is 25.3 Å². The Labute approximate surface area is 199 Å². The summed E-state index contributed by atoms with van der Waals surface area (Å²) in [6, 6.07) is 14.3. The molecular weight excluding hydrogens is 458 g/mol. The number of sulfonamides is 1. The number of para-hydroxylation sites is 1. The number of carbonyl (C=O) groups excluding carboxylic acids is 2. The maximum Gasteiger partial charge on any atom is 0.247 e. The molecule has 176 valence electrons. The van der Waals surface area contributed by atoms with Crippen LogP contribution >= 0.6 is 11.8 Å². The summed E-state index contributed by atoms with van der Waals surface area (Å²) in [7, 11) is -3.66. The fourth-order valence-electron chi connectivity index (χ4n) is 4.28. The summed E-state index contributed by atoms with van der Waals surface area (Å²) >= 11 is 1.37. The molecule has 0 aliphatic carbocycles. The number of fused-ring (bicyclic) bond motifs is 1. The van der Waals surface area contributed by atoms with Gasteiger partial charge in [0.2, 0.25) is 21.8 Å². The Hall–Kier alpha value is -2.36. The summed E-state index contributed by atoms with van der Waals surface area (Å²) < 4.78 is 28.2. The van der Waals surface area contributed by atoms with Crippen molar-refractivity contribution < 1.29 is 18.0 Å². The Kier molecular flexibility index (Phi) is 7.41. The third-order valence-corrected chi connectivity index (χ3v) is 9.00. The summed E-state index contributed by atoms with van der Waals surface area (Å²) in [4.78, 5) is 30.0. The second kappa shape index (κ2) is 10.3. The van der Waals surface area contributed by atoms with Gasteiger partial charge in [0.25, 0.3) is 0 Å². The Morgan fingerprint density at radius 2 is 1.73 bits per heavy atom. The fraction of sp³-hybridized carbons (Fsp3) is 0.417. The fourth-order valence-corrected chi connectivity index (χ4v) is 6.73. The van der Waals surface area contributed by atoms with Gasteiger partial charge in [-0.1, -0.05) is 31.0 Å². The minimum absolute atomic E-state index is 0.137. The zero-order valence-electron chi connectivity index (χ0n) is 18.8. The average molecular weight is 488 g/mol. The summed E-state index contributed by atoms with van der Waals surface area (Å²) in [6.45, 7) is 3.24. The molecular formula is C24H29N3O4S2. The van der Waals surface area contributed by atoms with Crippen LogP contribution in [0.1, 0.15) is 32.6 Å². The second-order valence-corrected chi connectivity index (χ2v) is 11.1. The van der Waals surface area contributed by atoms with E-state index in [1.807, 2.05) is 37.3 Å². The van der Waals surface area contributed by atoms with Crippen LogP contribution in [0.4, 0.5) is 11.4 Å². The van der Waals surface area contributed by atoms with E-state index < -0.39 is 10.0 Å². The maximum absolute atomic E-state index is 13.3. The standard InChI is InChI=1S/C24H29N3O4S2/c1-2-26(19-10-6-5-7-11-19)23(28)17-27-21-16-20(12-13-22(21)32-18-24(27)29)33(30,31)25-14-8-3-4-9-15-25/h5-7,10-13,16H,2-4,8-9,14-15,17-18H2,1H3. The molecule has 2 amide bonds. The SMILES string of the molecule is CCN(C(=O)CN1C(=O)CSc2ccc(S(=O)(=O)N3CCCCCC3)cc21)c1ccccc1. The van der Waals surface area contributed by atoms with Crippen molar-refractivity contribution in [3.05, 3.63) is 48.5 Å². The third-order valence-electron chi connectivity index (χ3n) is 6.05. The van der Waals surface area contributed by atoms with Crippen LogP contribution in [0, 0.1) is 0 Å². The van der Waals surface area contributed by atoms with Crippen LogP contribution in [0.5, 0.6) is 0 Å². The van der Waals surface area contributed by atoms with Gasteiger partial charge in [0.05, 0.1) is 16.3 Å². The molecule has 1 saturated heterocycles. The van der Waals surface area contributed by atoms with Crippen molar-refractivity contribution in [2.45, 2.75) is 42.4 Å². The molecule has 7 nitrogen and oxygen atoms in total. The first kappa shape index (κ1) is 23.8. The Morgan fingerprint density at radius 1 is 1.03 bits per heavy atom. The first-order chi connectivity index (χ1) is 15.9. The summed E-state index contributed by atoms with van der Waals surface area (Å²) in [5.41, 5.74) is 1.26. The number of anilines is 2. The van der Waals surface area contributed by atoms with E-state index in [-0.39, 0.29) is 29.0 Å². The number of rotatable bonds is 6. The quantitative estimate of drug-likeness (QED) is 0.620. The van der Waals surface area contributed by atoms with Crippen molar-refractivity contribution in [1.82, 2.24) is 4.31 Å². The number of thioether (sulfide) groups is 1. The zero-order valence-corrected chi connectivity index (χ0v) is 20.4. The number of nitrogens with zero attached hydrogens (tertiary/aromatic N) is 3. The van der Waals surface area contributed by atoms with E-state index in [0.717, 1.165) is 36.3 Å². The van der Waals surface area contributed by atoms with Crippen LogP contribution in [0.25, 0.3) is 0 Å². The van der Waals surface area contributed by atoms with E-state index >= 15 is 0 Å². The van der Waals surface area contributed by atoms with Gasteiger partial charge in [0.15, 0.2) is 0 Å². The Bertz CT molecular complexity index is 1110. The molecule has 2 aliphatic rings. The number of carbonyl (C=O) groups is 2. The monoisotopic (exact) mass is 487 g/mol. The largest absolute Gasteiger partial charge is 0.311 e. The van der Waals surface area contributed by atoms with Gasteiger partial charge in [-0.25, -0.2) is 8.42 Å². The van der Waals surface area contributed by atoms with Crippen molar-refractivity contribution in [2.75, 3.05) is 41.7 Å². The number of hydrogen-bond acceptors (Lipinski definition) is 5. The molecule has 0 saturated carbocycles. The number of benzene rings is 2. The molecule has 33 heavy (non-hydrogen) atoms. The average Bonchev–Trinajstić information content (AvgIpc) is 3.12. The summed E-state index contributed by atoms with van der Waals surface area (Å²) in [5.74, 6) is -0.194. The Balaban J connectivity index is 1.63. The van der Waals surface area contributed by atoms with Gasteiger partial charge in [0, 0.05) is 30.2 Å². The van der Waals surface area contributed by atoms with Crippen molar-refractivity contribution >= 4 is 45.0 Å². The zero-order chi connectivity index (χ0) is 23.4. The summed E-state index contributed by atoms with van der Waals surface area (Å²) in [6.07, 6.45) is 3.77. The molecule has 2 aliphatic heterocycles. The summed E-state index contributed by atoms with van der Waals surface area (Å²) in [5, 5.41) is 0. The molecule has 0 bridgehead atoms. The van der Waals surface area contributed by atoms with Crippen molar-refractivity contribution in [3.63, 3.8) is 0 Å². The van der Waals surface area contributed by atoms with E-state index in [4.69, 9.17) is 0 Å². The highest BCUT2D eigenvalue weighted by atomic mass is 32.2. The maximum atomic E-state index is 13.3. The van der Waals surface area contributed by atoms with Crippen LogP contribution in [0.3, 0.4) is 0 Å². The topological polar surface area (TPSA) is 78.0 Å². The van der Waals surface area contributed by atoms with Gasteiger partial charge in [-0.3, -0.25) is 9.59 Å². The van der Waals surface area contributed by atoms with E-state index in [9.17, 15) is 18.0 Å². The van der Waals surface area contributed by atoms with Crippen LogP contribution in [-0.4, -0.2) is 56.5 Å². The normalized spacial score (nSPS) is 17.4. The van der Waals surface area contributed by atoms with Gasteiger partial charge in [0.1, 0.15) is 6.54 Å². The smallest absolute Gasteiger partial charge is 0.247 e. The molecule has 0 unspecified atom stereocenters. The van der Waals surface area contributed by atoms with Crippen molar-refractivity contribution in [1.29, 1.82) is 0 Å². The Morgan fingerprint density at radius 3 is 2.39 bits per heavy atom. The third kappa shape index (κ3) is 5.10. The first-order valence-corrected chi connectivity index (χ1v) is 13.8. The molecule has 9 heteroatoms. The molecule has 0 N–H and O–H groups in total. The lowest BCUT2D eigenvalue weighted by atomic mass is 10.2. The van der Waals surface area contributed by atoms with Gasteiger partial charge in [-0.2, -0.15) is 4.31 Å². The van der Waals surface area contributed by atoms with Crippen LogP contribution < -0.4 is 9.80 Å². The molecule has 0 atom stereocenters. The minimum atomic E-state index is -3.66. The first-order valence-electron chi connectivity index (χ1n) is 11.3. The van der Waals surface area contributed by atoms with Crippen LogP contribution in [0.2, 0.25) is 0 Å². The molecule has 0 spiro atoms. The molecule has 0 radical (unpaired) electrons. The van der Waals surface area contributed by atoms with Gasteiger partial charge < -0.3 is 9.80 Å². The highest BCUT2D eigenvalue weighted by Gasteiger charge is 2.31. The van der Waals surface area contributed by atoms with E-state index in [2.05, 4.69) is 0 Å². The molecule has 1 fully saturated rings. The van der Waals surface area contributed by atoms with Gasteiger partial charge in [-0.15, -0.1) is 11.8 Å². The lowest BCUT2D eigenvalue weighted by molar-refractivity contribution is -0.121. The van der Waals surface area contributed by atoms with Crippen molar-refractivity contribution in [3.8, 4) is 0 Å². The van der Waals surface area contributed by atoms with E-state index in [1.54, 1.807) is 27.4 Å². The highest BCUT2D eigenvalue weighted by molar-refractivity contribution is 8.00. The molecule has 2 heterocycles. The minimum Gasteiger partial charge on any atom is -0.311 e. The van der Waals surface area contributed by atoms with Gasteiger partial charge in [-0.05, 0) is 50.1 Å². The lowest BCUT2D eigenvalue weighted by Crippen LogP contribution is -2.45. The van der Waals surface area contributed by atoms with Crippen LogP contribution in [-0.2, 0) is 19.6 Å². The predicted molar refractivity (Wildman–Crippen MR) is 131 cm³/mol. The second-order valence-electron chi connectivity index (χ2n) is 8.19. The molecule has 0 aromatic heterocycles. The highest BCUT2D eigenvalue weighted by Crippen LogP contribution is 2.37. The molecule has 4 rings (SSSR count). The van der Waals surface area contributed by atoms with Gasteiger partial charge >= 0.3 is 0 Å². The number of likely N-dealkylation sites (N-methyl/N-ethyl adjacent to an activating group) is 1. The van der Waals surface area contributed by atoms with Crippen LogP contribution in [0.15, 0.2) is 58.3 Å². The lowest BCUT2D eigenvalue weighted by Gasteiger charge is -2.31. The number of amides is 2. The molecule has 2 aromatic carbocycles. The van der Waals surface area contributed by atoms with Crippen molar-refractivity contribution in [2.24, 2.45) is 0 Å². The molecule has 2 aromatic rings. The number of hydrogen-bond donors (Lipinski definition) is 0. The predicted octanol–water partition coefficient (Wildman–Crippen LogP) is 3.74. The van der Waals surface area contributed by atoms with E-state index in [1.165, 1.54) is 16.7 Å².